The summed E-state index contributed by atoms with van der Waals surface area (Å²) in [6.45, 7) is 1.94. The first-order valence-corrected chi connectivity index (χ1v) is 6.73. The van der Waals surface area contributed by atoms with Crippen LogP contribution in [0.1, 0.15) is 34.1 Å². The molecule has 0 saturated carbocycles. The van der Waals surface area contributed by atoms with Gasteiger partial charge in [-0.1, -0.05) is 12.1 Å². The molecule has 0 aromatic heterocycles. The van der Waals surface area contributed by atoms with Gasteiger partial charge in [0.25, 0.3) is 5.91 Å². The van der Waals surface area contributed by atoms with Gasteiger partial charge >= 0.3 is 5.97 Å². The summed E-state index contributed by atoms with van der Waals surface area (Å²) in [5, 5.41) is 11.9. The second-order valence-electron chi connectivity index (χ2n) is 5.34. The number of carboxylic acids is 1. The lowest BCUT2D eigenvalue weighted by Crippen LogP contribution is -2.36. The molecule has 1 saturated heterocycles. The molecule has 0 unspecified atom stereocenters. The number of carboxylic acid groups (broad SMARTS) is 1. The van der Waals surface area contributed by atoms with Gasteiger partial charge < -0.3 is 10.4 Å². The number of benzene rings is 1. The van der Waals surface area contributed by atoms with Gasteiger partial charge in [-0.15, -0.1) is 0 Å². The zero-order valence-electron chi connectivity index (χ0n) is 12.0. The summed E-state index contributed by atoms with van der Waals surface area (Å²) in [6.07, 6.45) is 0.379. The van der Waals surface area contributed by atoms with Crippen molar-refractivity contribution in [3.63, 3.8) is 0 Å². The quantitative estimate of drug-likeness (QED) is 0.800. The van der Waals surface area contributed by atoms with Crippen molar-refractivity contribution in [2.24, 2.45) is 0 Å². The van der Waals surface area contributed by atoms with Gasteiger partial charge in [-0.3, -0.25) is 19.3 Å². The standard InChI is InChI=1S/C15H18N2O4/c1-9(18)10-4-3-5-11(6-10)14(19)16-12-7-13(15(20)21)17(2)8-12/h3-6,12-13H,7-8H2,1-2H3,(H,16,19)(H,20,21)/t12-,13-/m0/s1. The van der Waals surface area contributed by atoms with Gasteiger partial charge in [0, 0.05) is 23.7 Å². The fourth-order valence-corrected chi connectivity index (χ4v) is 2.54. The van der Waals surface area contributed by atoms with Crippen molar-refractivity contribution in [2.45, 2.75) is 25.4 Å². The molecule has 1 aliphatic heterocycles. The number of likely N-dealkylation sites (N-methyl/N-ethyl adjacent to an activating group) is 1. The number of likely N-dealkylation sites (tertiary alicyclic amines) is 1. The van der Waals surface area contributed by atoms with Gasteiger partial charge in [0.15, 0.2) is 5.78 Å². The highest BCUT2D eigenvalue weighted by Gasteiger charge is 2.35. The molecule has 2 rings (SSSR count). The molecule has 1 heterocycles. The maximum atomic E-state index is 12.2. The molecule has 2 N–H and O–H groups in total. The number of carbonyl (C=O) groups is 3. The molecule has 1 amide bonds. The molecule has 1 aromatic carbocycles. The second-order valence-corrected chi connectivity index (χ2v) is 5.34. The number of hydrogen-bond donors (Lipinski definition) is 2. The van der Waals surface area contributed by atoms with Crippen LogP contribution in [-0.2, 0) is 4.79 Å². The Morgan fingerprint density at radius 2 is 1.95 bits per heavy atom. The Morgan fingerprint density at radius 3 is 2.52 bits per heavy atom. The van der Waals surface area contributed by atoms with Crippen LogP contribution in [0, 0.1) is 0 Å². The van der Waals surface area contributed by atoms with Crippen molar-refractivity contribution in [1.29, 1.82) is 0 Å². The number of carbonyl (C=O) groups excluding carboxylic acids is 2. The van der Waals surface area contributed by atoms with E-state index in [1.165, 1.54) is 6.92 Å². The summed E-state index contributed by atoms with van der Waals surface area (Å²) in [6, 6.07) is 5.72. The summed E-state index contributed by atoms with van der Waals surface area (Å²) in [7, 11) is 1.72. The van der Waals surface area contributed by atoms with Crippen LogP contribution in [0.5, 0.6) is 0 Å². The van der Waals surface area contributed by atoms with Gasteiger partial charge in [-0.25, -0.2) is 0 Å². The Hall–Kier alpha value is -2.21. The molecular weight excluding hydrogens is 272 g/mol. The third kappa shape index (κ3) is 3.46. The molecule has 0 bridgehead atoms. The van der Waals surface area contributed by atoms with E-state index in [1.807, 2.05) is 0 Å². The van der Waals surface area contributed by atoms with Crippen LogP contribution in [-0.4, -0.2) is 53.3 Å². The minimum atomic E-state index is -0.882. The third-order valence-corrected chi connectivity index (χ3v) is 3.70. The van der Waals surface area contributed by atoms with E-state index < -0.39 is 12.0 Å². The zero-order valence-corrected chi connectivity index (χ0v) is 12.0. The second kappa shape index (κ2) is 6.05. The lowest BCUT2D eigenvalue weighted by atomic mass is 10.1. The fourth-order valence-electron chi connectivity index (χ4n) is 2.54. The molecule has 1 aromatic rings. The zero-order chi connectivity index (χ0) is 15.6. The predicted octanol–water partition coefficient (Wildman–Crippen LogP) is 0.776. The first-order chi connectivity index (χ1) is 9.88. The Kier molecular flexibility index (Phi) is 4.37. The van der Waals surface area contributed by atoms with Gasteiger partial charge in [0.1, 0.15) is 6.04 Å². The van der Waals surface area contributed by atoms with Crippen LogP contribution in [0.15, 0.2) is 24.3 Å². The van der Waals surface area contributed by atoms with Crippen molar-refractivity contribution in [1.82, 2.24) is 10.2 Å². The van der Waals surface area contributed by atoms with Crippen molar-refractivity contribution in [2.75, 3.05) is 13.6 Å². The molecular formula is C15H18N2O4. The van der Waals surface area contributed by atoms with E-state index in [0.717, 1.165) is 0 Å². The molecule has 0 radical (unpaired) electrons. The van der Waals surface area contributed by atoms with Crippen molar-refractivity contribution >= 4 is 17.7 Å². The number of hydrogen-bond acceptors (Lipinski definition) is 4. The van der Waals surface area contributed by atoms with Crippen LogP contribution in [0.3, 0.4) is 0 Å². The van der Waals surface area contributed by atoms with Crippen LogP contribution in [0.2, 0.25) is 0 Å². The van der Waals surface area contributed by atoms with Crippen molar-refractivity contribution < 1.29 is 19.5 Å². The molecule has 0 spiro atoms. The monoisotopic (exact) mass is 290 g/mol. The number of nitrogens with zero attached hydrogens (tertiary/aromatic N) is 1. The number of Topliss-reactive ketones (excluding diaryl/α,β-unsaturated/α-hetero) is 1. The Labute approximate surface area is 122 Å². The van der Waals surface area contributed by atoms with E-state index in [1.54, 1.807) is 36.2 Å². The molecule has 6 heteroatoms. The van der Waals surface area contributed by atoms with Crippen molar-refractivity contribution in [3.8, 4) is 0 Å². The lowest BCUT2D eigenvalue weighted by Gasteiger charge is -2.13. The van der Waals surface area contributed by atoms with E-state index in [9.17, 15) is 14.4 Å². The largest absolute Gasteiger partial charge is 0.480 e. The Balaban J connectivity index is 2.04. The molecule has 112 valence electrons. The fraction of sp³-hybridized carbons (Fsp3) is 0.400. The summed E-state index contributed by atoms with van der Waals surface area (Å²) < 4.78 is 0. The minimum Gasteiger partial charge on any atom is -0.480 e. The van der Waals surface area contributed by atoms with E-state index in [-0.39, 0.29) is 17.7 Å². The Bertz CT molecular complexity index is 585. The van der Waals surface area contributed by atoms with Crippen LogP contribution >= 0.6 is 0 Å². The van der Waals surface area contributed by atoms with Crippen molar-refractivity contribution in [3.05, 3.63) is 35.4 Å². The molecule has 2 atom stereocenters. The molecule has 1 fully saturated rings. The molecule has 0 aliphatic carbocycles. The number of aliphatic carboxylic acids is 1. The summed E-state index contributed by atoms with van der Waals surface area (Å²) in [4.78, 5) is 36.2. The maximum Gasteiger partial charge on any atom is 0.320 e. The minimum absolute atomic E-state index is 0.101. The van der Waals surface area contributed by atoms with Gasteiger partial charge in [0.2, 0.25) is 0 Å². The van der Waals surface area contributed by atoms with E-state index in [0.29, 0.717) is 24.1 Å². The lowest BCUT2D eigenvalue weighted by molar-refractivity contribution is -0.141. The van der Waals surface area contributed by atoms with Gasteiger partial charge in [-0.05, 0) is 32.5 Å². The first kappa shape index (κ1) is 15.2. The first-order valence-electron chi connectivity index (χ1n) is 6.73. The van der Waals surface area contributed by atoms with E-state index in [4.69, 9.17) is 5.11 Å². The maximum absolute atomic E-state index is 12.2. The third-order valence-electron chi connectivity index (χ3n) is 3.70. The van der Waals surface area contributed by atoms with Crippen LogP contribution in [0.25, 0.3) is 0 Å². The summed E-state index contributed by atoms with van der Waals surface area (Å²) >= 11 is 0. The summed E-state index contributed by atoms with van der Waals surface area (Å²) in [5.74, 6) is -1.27. The Morgan fingerprint density at radius 1 is 1.29 bits per heavy atom. The van der Waals surface area contributed by atoms with E-state index >= 15 is 0 Å². The molecule has 6 nitrogen and oxygen atoms in total. The number of nitrogens with one attached hydrogen (secondary N) is 1. The molecule has 21 heavy (non-hydrogen) atoms. The average molecular weight is 290 g/mol. The van der Waals surface area contributed by atoms with E-state index in [2.05, 4.69) is 5.32 Å². The smallest absolute Gasteiger partial charge is 0.320 e. The highest BCUT2D eigenvalue weighted by Crippen LogP contribution is 2.16. The summed E-state index contributed by atoms with van der Waals surface area (Å²) in [5.41, 5.74) is 0.888. The van der Waals surface area contributed by atoms with Crippen LogP contribution in [0.4, 0.5) is 0 Å². The number of rotatable bonds is 4. The highest BCUT2D eigenvalue weighted by atomic mass is 16.4. The number of amides is 1. The van der Waals surface area contributed by atoms with Gasteiger partial charge in [-0.2, -0.15) is 0 Å². The highest BCUT2D eigenvalue weighted by molar-refractivity contribution is 5.99. The average Bonchev–Trinajstić information content (AvgIpc) is 2.79. The molecule has 1 aliphatic rings. The van der Waals surface area contributed by atoms with Gasteiger partial charge in [0.05, 0.1) is 0 Å². The SMILES string of the molecule is CC(=O)c1cccc(C(=O)N[C@H]2C[C@@H](C(=O)O)N(C)C2)c1. The number of ketones is 1. The predicted molar refractivity (Wildman–Crippen MR) is 76.4 cm³/mol. The normalized spacial score (nSPS) is 22.0. The van der Waals surface area contributed by atoms with Crippen LogP contribution < -0.4 is 5.32 Å². The topological polar surface area (TPSA) is 86.7 Å².